The van der Waals surface area contributed by atoms with Gasteiger partial charge in [-0.1, -0.05) is 11.6 Å². The summed E-state index contributed by atoms with van der Waals surface area (Å²) in [7, 11) is 0. The van der Waals surface area contributed by atoms with Crippen molar-refractivity contribution in [3.8, 4) is 0 Å². The second-order valence-electron chi connectivity index (χ2n) is 4.03. The number of hydrogen-bond acceptors (Lipinski definition) is 3. The number of nitrogens with two attached hydrogens (primary N) is 1. The third-order valence-electron chi connectivity index (χ3n) is 2.51. The van der Waals surface area contributed by atoms with E-state index >= 15 is 0 Å². The number of aryl methyl sites for hydroxylation is 1. The first-order valence-corrected chi connectivity index (χ1v) is 6.63. The number of amides is 1. The average molecular weight is 341 g/mol. The summed E-state index contributed by atoms with van der Waals surface area (Å²) in [6, 6.07) is 6.81. The summed E-state index contributed by atoms with van der Waals surface area (Å²) in [5, 5.41) is 3.17. The summed E-state index contributed by atoms with van der Waals surface area (Å²) in [5.41, 5.74) is 8.05. The number of rotatable bonds is 2. The molecular weight excluding hydrogens is 330 g/mol. The number of aromatic nitrogens is 1. The second kappa shape index (κ2) is 5.59. The van der Waals surface area contributed by atoms with Crippen LogP contribution in [0, 0.1) is 6.92 Å². The lowest BCUT2D eigenvalue weighted by molar-refractivity contribution is 0.102. The van der Waals surface area contributed by atoms with Crippen molar-refractivity contribution >= 4 is 44.8 Å². The first kappa shape index (κ1) is 13.8. The molecule has 3 N–H and O–H groups in total. The molecule has 98 valence electrons. The fraction of sp³-hybridized carbons (Fsp3) is 0.0769. The largest absolute Gasteiger partial charge is 0.399 e. The molecule has 2 aromatic rings. The number of anilines is 2. The first-order chi connectivity index (χ1) is 8.97. The predicted octanol–water partition coefficient (Wildman–Crippen LogP) is 3.64. The van der Waals surface area contributed by atoms with Crippen LogP contribution < -0.4 is 11.1 Å². The molecule has 1 aromatic heterocycles. The third-order valence-corrected chi connectivity index (χ3v) is 3.59. The molecule has 0 bridgehead atoms. The van der Waals surface area contributed by atoms with Crippen molar-refractivity contribution < 1.29 is 4.79 Å². The van der Waals surface area contributed by atoms with Crippen molar-refractivity contribution in [2.45, 2.75) is 6.92 Å². The molecule has 0 atom stereocenters. The minimum absolute atomic E-state index is 0.261. The predicted molar refractivity (Wildman–Crippen MR) is 80.5 cm³/mol. The lowest BCUT2D eigenvalue weighted by atomic mass is 10.2. The topological polar surface area (TPSA) is 68.0 Å². The third kappa shape index (κ3) is 3.24. The highest BCUT2D eigenvalue weighted by Crippen LogP contribution is 2.22. The molecule has 2 rings (SSSR count). The minimum atomic E-state index is -0.261. The quantitative estimate of drug-likeness (QED) is 0.648. The Morgan fingerprint density at radius 3 is 2.84 bits per heavy atom. The van der Waals surface area contributed by atoms with Gasteiger partial charge in [-0.2, -0.15) is 0 Å². The van der Waals surface area contributed by atoms with Gasteiger partial charge in [0.15, 0.2) is 0 Å². The van der Waals surface area contributed by atoms with Crippen molar-refractivity contribution in [1.29, 1.82) is 0 Å². The smallest absolute Gasteiger partial charge is 0.256 e. The molecule has 0 saturated carbocycles. The normalized spacial score (nSPS) is 10.3. The van der Waals surface area contributed by atoms with Gasteiger partial charge >= 0.3 is 0 Å². The van der Waals surface area contributed by atoms with Gasteiger partial charge in [0.2, 0.25) is 0 Å². The van der Waals surface area contributed by atoms with Gasteiger partial charge in [0.25, 0.3) is 5.91 Å². The molecule has 0 spiro atoms. The highest BCUT2D eigenvalue weighted by Gasteiger charge is 2.11. The van der Waals surface area contributed by atoms with Crippen LogP contribution >= 0.6 is 27.5 Å². The van der Waals surface area contributed by atoms with E-state index in [1.54, 1.807) is 24.3 Å². The molecule has 19 heavy (non-hydrogen) atoms. The van der Waals surface area contributed by atoms with Crippen LogP contribution in [0.25, 0.3) is 0 Å². The standard InChI is InChI=1S/C13H11BrClN3O/c1-7-4-9(6-17-12(7)15)18-13(19)10-5-8(16)2-3-11(10)14/h2-6H,16H2,1H3,(H,18,19). The Labute approximate surface area is 124 Å². The first-order valence-electron chi connectivity index (χ1n) is 5.46. The molecule has 0 fully saturated rings. The molecule has 0 saturated heterocycles. The molecule has 0 aliphatic heterocycles. The van der Waals surface area contributed by atoms with Crippen molar-refractivity contribution in [2.24, 2.45) is 0 Å². The van der Waals surface area contributed by atoms with Crippen LogP contribution in [0.3, 0.4) is 0 Å². The molecular formula is C13H11BrClN3O. The lowest BCUT2D eigenvalue weighted by Gasteiger charge is -2.08. The Bertz CT molecular complexity index is 646. The summed E-state index contributed by atoms with van der Waals surface area (Å²) in [6.45, 7) is 1.82. The van der Waals surface area contributed by atoms with Gasteiger partial charge in [-0.05, 0) is 52.7 Å². The number of nitrogen functional groups attached to an aromatic ring is 1. The van der Waals surface area contributed by atoms with Crippen LogP contribution in [-0.2, 0) is 0 Å². The van der Waals surface area contributed by atoms with Gasteiger partial charge in [-0.25, -0.2) is 4.98 Å². The van der Waals surface area contributed by atoms with E-state index in [2.05, 4.69) is 26.2 Å². The van der Waals surface area contributed by atoms with Crippen molar-refractivity contribution in [1.82, 2.24) is 4.98 Å². The molecule has 1 amide bonds. The summed E-state index contributed by atoms with van der Waals surface area (Å²) in [4.78, 5) is 16.1. The summed E-state index contributed by atoms with van der Waals surface area (Å²) >= 11 is 9.15. The van der Waals surface area contributed by atoms with Crippen LogP contribution in [0.2, 0.25) is 5.15 Å². The number of benzene rings is 1. The summed E-state index contributed by atoms with van der Waals surface area (Å²) in [6.07, 6.45) is 1.51. The van der Waals surface area contributed by atoms with Crippen LogP contribution in [0.5, 0.6) is 0 Å². The lowest BCUT2D eigenvalue weighted by Crippen LogP contribution is -2.13. The van der Waals surface area contributed by atoms with E-state index in [0.29, 0.717) is 26.6 Å². The van der Waals surface area contributed by atoms with E-state index in [1.807, 2.05) is 6.92 Å². The van der Waals surface area contributed by atoms with Gasteiger partial charge < -0.3 is 11.1 Å². The number of carbonyl (C=O) groups excluding carboxylic acids is 1. The van der Waals surface area contributed by atoms with E-state index in [4.69, 9.17) is 17.3 Å². The average Bonchev–Trinajstić information content (AvgIpc) is 2.36. The highest BCUT2D eigenvalue weighted by molar-refractivity contribution is 9.10. The van der Waals surface area contributed by atoms with E-state index in [0.717, 1.165) is 5.56 Å². The number of halogens is 2. The van der Waals surface area contributed by atoms with Crippen LogP contribution in [-0.4, -0.2) is 10.9 Å². The van der Waals surface area contributed by atoms with Gasteiger partial charge in [-0.3, -0.25) is 4.79 Å². The fourth-order valence-electron chi connectivity index (χ4n) is 1.54. The highest BCUT2D eigenvalue weighted by atomic mass is 79.9. The maximum absolute atomic E-state index is 12.1. The van der Waals surface area contributed by atoms with Crippen LogP contribution in [0.1, 0.15) is 15.9 Å². The number of carbonyl (C=O) groups is 1. The van der Waals surface area contributed by atoms with E-state index in [-0.39, 0.29) is 5.91 Å². The Kier molecular flexibility index (Phi) is 4.07. The zero-order valence-electron chi connectivity index (χ0n) is 10.1. The molecule has 0 radical (unpaired) electrons. The second-order valence-corrected chi connectivity index (χ2v) is 5.24. The maximum Gasteiger partial charge on any atom is 0.256 e. The monoisotopic (exact) mass is 339 g/mol. The van der Waals surface area contributed by atoms with Crippen LogP contribution in [0.15, 0.2) is 34.9 Å². The summed E-state index contributed by atoms with van der Waals surface area (Å²) in [5.74, 6) is -0.261. The Hall–Kier alpha value is -1.59. The molecule has 1 heterocycles. The minimum Gasteiger partial charge on any atom is -0.399 e. The molecule has 0 aliphatic rings. The molecule has 6 heteroatoms. The Morgan fingerprint density at radius 1 is 1.42 bits per heavy atom. The van der Waals surface area contributed by atoms with Gasteiger partial charge in [0.1, 0.15) is 5.15 Å². The molecule has 1 aromatic carbocycles. The maximum atomic E-state index is 12.1. The van der Waals surface area contributed by atoms with Crippen molar-refractivity contribution in [2.75, 3.05) is 11.1 Å². The molecule has 0 aliphatic carbocycles. The SMILES string of the molecule is Cc1cc(NC(=O)c2cc(N)ccc2Br)cnc1Cl. The van der Waals surface area contributed by atoms with Crippen molar-refractivity contribution in [3.05, 3.63) is 51.2 Å². The molecule has 0 unspecified atom stereocenters. The van der Waals surface area contributed by atoms with E-state index in [1.165, 1.54) is 6.20 Å². The van der Waals surface area contributed by atoms with E-state index in [9.17, 15) is 4.79 Å². The zero-order chi connectivity index (χ0) is 14.0. The molecule has 4 nitrogen and oxygen atoms in total. The van der Waals surface area contributed by atoms with Crippen LogP contribution in [0.4, 0.5) is 11.4 Å². The van der Waals surface area contributed by atoms with Gasteiger partial charge in [0, 0.05) is 10.2 Å². The van der Waals surface area contributed by atoms with Gasteiger partial charge in [-0.15, -0.1) is 0 Å². The van der Waals surface area contributed by atoms with E-state index < -0.39 is 0 Å². The number of nitrogens with zero attached hydrogens (tertiary/aromatic N) is 1. The number of hydrogen-bond donors (Lipinski definition) is 2. The van der Waals surface area contributed by atoms with Crippen molar-refractivity contribution in [3.63, 3.8) is 0 Å². The number of nitrogens with one attached hydrogen (secondary N) is 1. The zero-order valence-corrected chi connectivity index (χ0v) is 12.4. The fourth-order valence-corrected chi connectivity index (χ4v) is 2.07. The number of pyridine rings is 1. The summed E-state index contributed by atoms with van der Waals surface area (Å²) < 4.78 is 0.679. The Balaban J connectivity index is 2.25. The Morgan fingerprint density at radius 2 is 2.16 bits per heavy atom. The van der Waals surface area contributed by atoms with Gasteiger partial charge in [0.05, 0.1) is 17.4 Å².